The van der Waals surface area contributed by atoms with Gasteiger partial charge < -0.3 is 19.1 Å². The number of hydrogen-bond donors (Lipinski definition) is 0. The Labute approximate surface area is 258 Å². The highest BCUT2D eigenvalue weighted by Crippen LogP contribution is 2.34. The lowest BCUT2D eigenvalue weighted by Gasteiger charge is -2.27. The van der Waals surface area contributed by atoms with Gasteiger partial charge in [-0.3, -0.25) is 9.59 Å². The second-order valence-electron chi connectivity index (χ2n) is 9.44. The second kappa shape index (κ2) is 13.1. The predicted molar refractivity (Wildman–Crippen MR) is 163 cm³/mol. The highest BCUT2D eigenvalue weighted by Gasteiger charge is 2.31. The fraction of sp³-hybridized carbons (Fsp3) is 0.267. The minimum atomic E-state index is -4.58. The molecule has 43 heavy (non-hydrogen) atoms. The number of halogens is 4. The molecule has 224 valence electrons. The zero-order valence-electron chi connectivity index (χ0n) is 22.9. The van der Waals surface area contributed by atoms with Crippen LogP contribution < -0.4 is 15.0 Å². The molecule has 0 aliphatic carbocycles. The molecule has 0 spiro atoms. The quantitative estimate of drug-likeness (QED) is 0.185. The Kier molecular flexibility index (Phi) is 9.30. The Balaban J connectivity index is 1.51. The van der Waals surface area contributed by atoms with Crippen molar-refractivity contribution in [3.05, 3.63) is 85.7 Å². The van der Waals surface area contributed by atoms with Crippen LogP contribution in [-0.4, -0.2) is 66.2 Å². The molecule has 1 saturated heterocycles. The zero-order valence-corrected chi connectivity index (χ0v) is 25.1. The molecule has 1 aliphatic heterocycles. The Hall–Kier alpha value is -3.98. The monoisotopic (exact) mass is 706 g/mol. The van der Waals surface area contributed by atoms with Crippen molar-refractivity contribution in [3.8, 4) is 22.9 Å². The summed E-state index contributed by atoms with van der Waals surface area (Å²) in [5.41, 5.74) is -0.493. The van der Waals surface area contributed by atoms with Crippen LogP contribution in [0.5, 0.6) is 11.5 Å². The van der Waals surface area contributed by atoms with E-state index in [0.29, 0.717) is 59.1 Å². The molecule has 13 heteroatoms. The van der Waals surface area contributed by atoms with E-state index in [-0.39, 0.29) is 29.3 Å². The van der Waals surface area contributed by atoms with Gasteiger partial charge >= 0.3 is 6.18 Å². The number of nitrogens with zero attached hydrogens (tertiary/aromatic N) is 4. The van der Waals surface area contributed by atoms with Crippen LogP contribution in [0.15, 0.2) is 70.6 Å². The number of fused-ring (bicyclic) bond motifs is 1. The van der Waals surface area contributed by atoms with Gasteiger partial charge in [-0.15, -0.1) is 0 Å². The SMILES string of the molecule is CCOc1cc(C=Nn2c(-c3cccc(C(F)(F)F)c3)nc3ccccc3c2=O)cc(I)c1OCC(=O)N1CCOCC1. The zero-order chi connectivity index (χ0) is 30.6. The fourth-order valence-corrected chi connectivity index (χ4v) is 5.26. The fourth-order valence-electron chi connectivity index (χ4n) is 4.48. The predicted octanol–water partition coefficient (Wildman–Crippen LogP) is 5.21. The number of morpholine rings is 1. The van der Waals surface area contributed by atoms with E-state index in [0.717, 1.165) is 16.8 Å². The number of carbonyl (C=O) groups is 1. The molecule has 0 radical (unpaired) electrons. The minimum absolute atomic E-state index is 0.0487. The average Bonchev–Trinajstić information content (AvgIpc) is 3.00. The van der Waals surface area contributed by atoms with Crippen LogP contribution in [0, 0.1) is 3.57 Å². The normalized spacial score (nSPS) is 13.9. The van der Waals surface area contributed by atoms with Gasteiger partial charge in [0.2, 0.25) is 0 Å². The average molecular weight is 706 g/mol. The number of alkyl halides is 3. The van der Waals surface area contributed by atoms with Gasteiger partial charge in [-0.05, 0) is 71.5 Å². The van der Waals surface area contributed by atoms with Gasteiger partial charge in [0, 0.05) is 18.7 Å². The number of aromatic nitrogens is 2. The van der Waals surface area contributed by atoms with Crippen molar-refractivity contribution in [2.45, 2.75) is 13.1 Å². The molecule has 3 aromatic carbocycles. The third-order valence-electron chi connectivity index (χ3n) is 6.56. The molecule has 1 aromatic heterocycles. The van der Waals surface area contributed by atoms with Crippen molar-refractivity contribution in [3.63, 3.8) is 0 Å². The molecule has 9 nitrogen and oxygen atoms in total. The third-order valence-corrected chi connectivity index (χ3v) is 7.36. The van der Waals surface area contributed by atoms with E-state index in [9.17, 15) is 22.8 Å². The molecular weight excluding hydrogens is 680 g/mol. The molecule has 1 fully saturated rings. The number of benzene rings is 3. The molecule has 0 atom stereocenters. The number of para-hydroxylation sites is 1. The van der Waals surface area contributed by atoms with Crippen LogP contribution in [0.1, 0.15) is 18.1 Å². The number of carbonyl (C=O) groups excluding carboxylic acids is 1. The summed E-state index contributed by atoms with van der Waals surface area (Å²) >= 11 is 2.05. The maximum Gasteiger partial charge on any atom is 0.416 e. The van der Waals surface area contributed by atoms with Gasteiger partial charge in [0.1, 0.15) is 0 Å². The van der Waals surface area contributed by atoms with Crippen molar-refractivity contribution < 1.29 is 32.2 Å². The number of hydrogen-bond acceptors (Lipinski definition) is 7. The van der Waals surface area contributed by atoms with Gasteiger partial charge in [0.25, 0.3) is 11.5 Å². The van der Waals surface area contributed by atoms with Gasteiger partial charge in [-0.1, -0.05) is 24.3 Å². The van der Waals surface area contributed by atoms with E-state index in [1.54, 1.807) is 48.2 Å². The molecule has 0 saturated carbocycles. The van der Waals surface area contributed by atoms with Crippen molar-refractivity contribution in [2.24, 2.45) is 5.10 Å². The van der Waals surface area contributed by atoms with E-state index in [2.05, 4.69) is 32.7 Å². The van der Waals surface area contributed by atoms with E-state index in [4.69, 9.17) is 14.2 Å². The molecule has 0 unspecified atom stereocenters. The van der Waals surface area contributed by atoms with Gasteiger partial charge in [-0.25, -0.2) is 4.98 Å². The van der Waals surface area contributed by atoms with Crippen LogP contribution in [0.3, 0.4) is 0 Å². The van der Waals surface area contributed by atoms with Crippen LogP contribution >= 0.6 is 22.6 Å². The molecule has 1 aliphatic rings. The summed E-state index contributed by atoms with van der Waals surface area (Å²) in [7, 11) is 0. The van der Waals surface area contributed by atoms with E-state index < -0.39 is 17.3 Å². The lowest BCUT2D eigenvalue weighted by Crippen LogP contribution is -2.43. The number of rotatable bonds is 8. The first kappa shape index (κ1) is 30.5. The van der Waals surface area contributed by atoms with Crippen molar-refractivity contribution in [2.75, 3.05) is 39.5 Å². The number of ether oxygens (including phenoxy) is 3. The van der Waals surface area contributed by atoms with Crippen LogP contribution in [-0.2, 0) is 15.7 Å². The summed E-state index contributed by atoms with van der Waals surface area (Å²) in [6, 6.07) is 14.5. The first-order valence-electron chi connectivity index (χ1n) is 13.3. The Morgan fingerprint density at radius 2 is 1.86 bits per heavy atom. The van der Waals surface area contributed by atoms with Crippen LogP contribution in [0.2, 0.25) is 0 Å². The first-order valence-corrected chi connectivity index (χ1v) is 14.4. The maximum absolute atomic E-state index is 13.5. The summed E-state index contributed by atoms with van der Waals surface area (Å²) < 4.78 is 59.0. The Morgan fingerprint density at radius 3 is 2.60 bits per heavy atom. The first-order chi connectivity index (χ1) is 20.7. The summed E-state index contributed by atoms with van der Waals surface area (Å²) in [5, 5.41) is 4.62. The molecule has 0 N–H and O–H groups in total. The van der Waals surface area contributed by atoms with E-state index in [1.807, 2.05) is 0 Å². The van der Waals surface area contributed by atoms with Crippen molar-refractivity contribution in [1.29, 1.82) is 0 Å². The highest BCUT2D eigenvalue weighted by molar-refractivity contribution is 14.1. The number of amides is 1. The smallest absolute Gasteiger partial charge is 0.416 e. The summed E-state index contributed by atoms with van der Waals surface area (Å²) in [5.74, 6) is 0.535. The summed E-state index contributed by atoms with van der Waals surface area (Å²) in [4.78, 5) is 32.3. The van der Waals surface area contributed by atoms with E-state index in [1.165, 1.54) is 18.3 Å². The van der Waals surface area contributed by atoms with Crippen molar-refractivity contribution >= 4 is 45.6 Å². The maximum atomic E-state index is 13.5. The Bertz CT molecular complexity index is 1740. The minimum Gasteiger partial charge on any atom is -0.490 e. The van der Waals surface area contributed by atoms with Crippen LogP contribution in [0.25, 0.3) is 22.3 Å². The largest absolute Gasteiger partial charge is 0.490 e. The second-order valence-corrected chi connectivity index (χ2v) is 10.6. The Morgan fingerprint density at radius 1 is 1.09 bits per heavy atom. The molecule has 2 heterocycles. The van der Waals surface area contributed by atoms with Crippen LogP contribution in [0.4, 0.5) is 13.2 Å². The summed E-state index contributed by atoms with van der Waals surface area (Å²) in [6.45, 7) is 3.90. The lowest BCUT2D eigenvalue weighted by molar-refractivity contribution is -0.138. The molecular formula is C30H26F3IN4O5. The highest BCUT2D eigenvalue weighted by atomic mass is 127. The molecule has 0 bridgehead atoms. The molecule has 4 aromatic rings. The van der Waals surface area contributed by atoms with Gasteiger partial charge in [-0.2, -0.15) is 22.9 Å². The third kappa shape index (κ3) is 6.99. The van der Waals surface area contributed by atoms with Crippen molar-refractivity contribution in [1.82, 2.24) is 14.6 Å². The standard InChI is InChI=1S/C30H26F3IN4O5/c1-2-42-25-15-19(14-23(34)27(25)43-18-26(39)37-10-12-41-13-11-37)17-35-38-28(20-6-5-7-21(16-20)30(31,32)33)36-24-9-4-3-8-22(24)29(38)40/h3-9,14-17H,2,10-13,18H2,1H3. The summed E-state index contributed by atoms with van der Waals surface area (Å²) in [6.07, 6.45) is -3.19. The van der Waals surface area contributed by atoms with E-state index >= 15 is 0 Å². The lowest BCUT2D eigenvalue weighted by atomic mass is 10.1. The molecule has 5 rings (SSSR count). The molecule has 1 amide bonds. The topological polar surface area (TPSA) is 95.2 Å². The van der Waals surface area contributed by atoms with Gasteiger partial charge in [0.15, 0.2) is 23.9 Å². The van der Waals surface area contributed by atoms with Gasteiger partial charge in [0.05, 0.1) is 46.1 Å².